The van der Waals surface area contributed by atoms with Gasteiger partial charge in [-0.3, -0.25) is 20.2 Å². The molecule has 0 aliphatic carbocycles. The molecule has 204 valence electrons. The van der Waals surface area contributed by atoms with Gasteiger partial charge in [-0.05, 0) is 35.4 Å². The van der Waals surface area contributed by atoms with Crippen LogP contribution in [-0.2, 0) is 13.1 Å². The van der Waals surface area contributed by atoms with Gasteiger partial charge in [0.15, 0.2) is 0 Å². The first-order valence-electron chi connectivity index (χ1n) is 13.1. The van der Waals surface area contributed by atoms with Gasteiger partial charge in [-0.1, -0.05) is 60.7 Å². The van der Waals surface area contributed by atoms with Crippen molar-refractivity contribution in [3.05, 3.63) is 128 Å². The molecule has 0 aromatic heterocycles. The number of rotatable bonds is 10. The normalized spacial score (nSPS) is 13.1. The predicted molar refractivity (Wildman–Crippen MR) is 158 cm³/mol. The quantitative estimate of drug-likeness (QED) is 0.185. The molecule has 0 atom stereocenters. The Balaban J connectivity index is 1.27. The minimum absolute atomic E-state index is 0.0414. The molecule has 5 rings (SSSR count). The van der Waals surface area contributed by atoms with E-state index >= 15 is 0 Å². The zero-order valence-electron chi connectivity index (χ0n) is 21.9. The molecule has 0 saturated carbocycles. The highest BCUT2D eigenvalue weighted by molar-refractivity contribution is 5.71. The number of anilines is 4. The Kier molecular flexibility index (Phi) is 8.05. The third-order valence-electron chi connectivity index (χ3n) is 7.02. The number of nitro benzene ring substituents is 2. The first kappa shape index (κ1) is 26.5. The minimum Gasteiger partial charge on any atom is -0.375 e. The van der Waals surface area contributed by atoms with Gasteiger partial charge in [0.05, 0.1) is 9.85 Å². The fraction of sp³-hybridized carbons (Fsp3) is 0.200. The van der Waals surface area contributed by atoms with E-state index in [9.17, 15) is 20.2 Å². The molecule has 4 aromatic rings. The molecule has 0 amide bonds. The van der Waals surface area contributed by atoms with Crippen LogP contribution in [0.4, 0.5) is 34.1 Å². The average molecular weight is 539 g/mol. The Hall–Kier alpha value is -5.12. The van der Waals surface area contributed by atoms with Gasteiger partial charge >= 0.3 is 0 Å². The van der Waals surface area contributed by atoms with Gasteiger partial charge in [-0.15, -0.1) is 0 Å². The summed E-state index contributed by atoms with van der Waals surface area (Å²) < 4.78 is 0. The second kappa shape index (κ2) is 12.2. The highest BCUT2D eigenvalue weighted by Gasteiger charge is 2.23. The molecule has 1 aliphatic rings. The summed E-state index contributed by atoms with van der Waals surface area (Å²) in [5.41, 5.74) is 4.95. The van der Waals surface area contributed by atoms with Crippen LogP contribution in [-0.4, -0.2) is 36.0 Å². The largest absolute Gasteiger partial charge is 0.375 e. The maximum Gasteiger partial charge on any atom is 0.292 e. The van der Waals surface area contributed by atoms with Gasteiger partial charge in [0.1, 0.15) is 11.4 Å². The van der Waals surface area contributed by atoms with E-state index in [0.717, 1.165) is 22.5 Å². The van der Waals surface area contributed by atoms with E-state index in [0.29, 0.717) is 50.6 Å². The van der Waals surface area contributed by atoms with Crippen molar-refractivity contribution in [3.63, 3.8) is 0 Å². The van der Waals surface area contributed by atoms with Crippen LogP contribution in [0.3, 0.4) is 0 Å². The number of nitro groups is 2. The number of hydrogen-bond acceptors (Lipinski definition) is 8. The standard InChI is InChI=1S/C30H30N6O4/c37-35(38)29-13-11-25(19-27(29)31-21-23-7-3-1-4-8-23)33-15-17-34(18-16-33)26-12-14-30(36(39)40)28(20-26)32-22-24-9-5-2-6-10-24/h1-14,19-20,31-32H,15-18,21-22H2. The number of nitrogens with zero attached hydrogens (tertiary/aromatic N) is 4. The lowest BCUT2D eigenvalue weighted by Gasteiger charge is -2.37. The molecule has 1 saturated heterocycles. The van der Waals surface area contributed by atoms with Gasteiger partial charge in [0.2, 0.25) is 0 Å². The number of nitrogens with one attached hydrogen (secondary N) is 2. The van der Waals surface area contributed by atoms with Crippen LogP contribution in [0, 0.1) is 20.2 Å². The number of benzene rings is 4. The maximum absolute atomic E-state index is 11.6. The maximum atomic E-state index is 11.6. The van der Waals surface area contributed by atoms with E-state index in [2.05, 4.69) is 20.4 Å². The second-order valence-electron chi connectivity index (χ2n) is 9.57. The Morgan fingerprint density at radius 2 is 0.950 bits per heavy atom. The molecule has 0 bridgehead atoms. The van der Waals surface area contributed by atoms with Crippen LogP contribution in [0.15, 0.2) is 97.1 Å². The van der Waals surface area contributed by atoms with Crippen molar-refractivity contribution >= 4 is 34.1 Å². The third kappa shape index (κ3) is 6.29. The first-order chi connectivity index (χ1) is 19.5. The Morgan fingerprint density at radius 1 is 0.575 bits per heavy atom. The Morgan fingerprint density at radius 3 is 1.30 bits per heavy atom. The molecule has 10 heteroatoms. The van der Waals surface area contributed by atoms with E-state index in [4.69, 9.17) is 0 Å². The van der Waals surface area contributed by atoms with E-state index in [1.54, 1.807) is 24.3 Å². The molecular weight excluding hydrogens is 508 g/mol. The molecule has 1 fully saturated rings. The second-order valence-corrected chi connectivity index (χ2v) is 9.57. The molecule has 4 aromatic carbocycles. The molecule has 1 aliphatic heterocycles. The minimum atomic E-state index is -0.368. The average Bonchev–Trinajstić information content (AvgIpc) is 2.99. The summed E-state index contributed by atoms with van der Waals surface area (Å²) in [5.74, 6) is 0. The van der Waals surface area contributed by atoms with Gasteiger partial charge in [0, 0.05) is 62.8 Å². The SMILES string of the molecule is O=[N+]([O-])c1ccc(N2CCN(c3ccc([N+](=O)[O-])c(NCc4ccccc4)c3)CC2)cc1NCc1ccccc1. The van der Waals surface area contributed by atoms with Crippen molar-refractivity contribution < 1.29 is 9.85 Å². The topological polar surface area (TPSA) is 117 Å². The van der Waals surface area contributed by atoms with Crippen LogP contribution in [0.25, 0.3) is 0 Å². The van der Waals surface area contributed by atoms with Gasteiger partial charge in [-0.2, -0.15) is 0 Å². The van der Waals surface area contributed by atoms with Crippen molar-refractivity contribution in [1.82, 2.24) is 0 Å². The van der Waals surface area contributed by atoms with Crippen LogP contribution in [0.1, 0.15) is 11.1 Å². The lowest BCUT2D eigenvalue weighted by Crippen LogP contribution is -2.46. The predicted octanol–water partition coefficient (Wildman–Crippen LogP) is 6.05. The van der Waals surface area contributed by atoms with Gasteiger partial charge in [0.25, 0.3) is 11.4 Å². The fourth-order valence-corrected chi connectivity index (χ4v) is 4.85. The molecule has 40 heavy (non-hydrogen) atoms. The van der Waals surface area contributed by atoms with Crippen LogP contribution < -0.4 is 20.4 Å². The highest BCUT2D eigenvalue weighted by Crippen LogP contribution is 2.33. The molecule has 10 nitrogen and oxygen atoms in total. The first-order valence-corrected chi connectivity index (χ1v) is 13.1. The monoisotopic (exact) mass is 538 g/mol. The van der Waals surface area contributed by atoms with Crippen molar-refractivity contribution in [3.8, 4) is 0 Å². The van der Waals surface area contributed by atoms with Crippen molar-refractivity contribution in [2.45, 2.75) is 13.1 Å². The Labute approximate surface area is 232 Å². The molecule has 0 unspecified atom stereocenters. The molecule has 0 radical (unpaired) electrons. The zero-order valence-corrected chi connectivity index (χ0v) is 21.9. The van der Waals surface area contributed by atoms with Crippen LogP contribution >= 0.6 is 0 Å². The fourth-order valence-electron chi connectivity index (χ4n) is 4.85. The number of piperazine rings is 1. The van der Waals surface area contributed by atoms with E-state index < -0.39 is 0 Å². The summed E-state index contributed by atoms with van der Waals surface area (Å²) in [6.07, 6.45) is 0. The summed E-state index contributed by atoms with van der Waals surface area (Å²) in [6.45, 7) is 3.80. The van der Waals surface area contributed by atoms with Gasteiger partial charge < -0.3 is 20.4 Å². The van der Waals surface area contributed by atoms with Crippen molar-refractivity contribution in [2.75, 3.05) is 46.6 Å². The van der Waals surface area contributed by atoms with E-state index in [-0.39, 0.29) is 21.2 Å². The summed E-state index contributed by atoms with van der Waals surface area (Å²) in [6, 6.07) is 29.9. The lowest BCUT2D eigenvalue weighted by molar-refractivity contribution is -0.384. The smallest absolute Gasteiger partial charge is 0.292 e. The summed E-state index contributed by atoms with van der Waals surface area (Å²) in [4.78, 5) is 26.9. The van der Waals surface area contributed by atoms with Crippen molar-refractivity contribution in [2.24, 2.45) is 0 Å². The molecule has 1 heterocycles. The lowest BCUT2D eigenvalue weighted by atomic mass is 10.1. The van der Waals surface area contributed by atoms with Crippen LogP contribution in [0.5, 0.6) is 0 Å². The van der Waals surface area contributed by atoms with E-state index in [1.165, 1.54) is 0 Å². The Bertz CT molecular complexity index is 1360. The highest BCUT2D eigenvalue weighted by atomic mass is 16.6. The summed E-state index contributed by atoms with van der Waals surface area (Å²) >= 11 is 0. The third-order valence-corrected chi connectivity index (χ3v) is 7.02. The van der Waals surface area contributed by atoms with Crippen LogP contribution in [0.2, 0.25) is 0 Å². The van der Waals surface area contributed by atoms with E-state index in [1.807, 2.05) is 72.8 Å². The van der Waals surface area contributed by atoms with Gasteiger partial charge in [-0.25, -0.2) is 0 Å². The van der Waals surface area contributed by atoms with Crippen molar-refractivity contribution in [1.29, 1.82) is 0 Å². The molecular formula is C30H30N6O4. The zero-order chi connectivity index (χ0) is 27.9. The molecule has 0 spiro atoms. The summed E-state index contributed by atoms with van der Waals surface area (Å²) in [7, 11) is 0. The molecule has 2 N–H and O–H groups in total. The summed E-state index contributed by atoms with van der Waals surface area (Å²) in [5, 5.41) is 29.7. The number of hydrogen-bond donors (Lipinski definition) is 2.